The monoisotopic (exact) mass is 1610 g/mol. The summed E-state index contributed by atoms with van der Waals surface area (Å²) in [6.07, 6.45) is -80.7. The molecule has 110 heavy (non-hydrogen) atoms. The van der Waals surface area contributed by atoms with Crippen molar-refractivity contribution in [2.24, 2.45) is 0 Å². The number of hydrogen-bond acceptors (Lipinski definition) is 44. The molecule has 9 heterocycles. The Bertz CT molecular complexity index is 2940. The summed E-state index contributed by atoms with van der Waals surface area (Å²) in [6, 6.07) is -7.36. The molecule has 45 atom stereocenters. The van der Waals surface area contributed by atoms with Gasteiger partial charge in [0, 0.05) is 27.7 Å². The molecule has 0 aromatic rings. The standard InChI is InChI=1S/C62H104N4O44/c1-14-31(76)41(86)45(90)58(96-14)109-52-43(88)34(79)21(8-68)100-61(52)105-48-23(10-70)102-56(28(39(48)84)64-17(4)73)95-13-26-37(82)51(47(92)60(104-26)107-50-30(66-19(6)75)54(93)98-25(36(50)81)12-94-55-27(63-16(3)72)38(83)33(78)20(7-67)99-55)108-57-29(65-18(5)74)40(85)49(24(11-71)103-57)106-62-53(44(89)35(80)22(9-69)101-62)110-59-46(91)42(87)32(77)15(2)97-59/h14-15,20-62,67-71,76-93H,7-13H2,1-6H3,(H,63,72)(H,64,73)(H,65,74)(H,66,75)/t14-,15-,20+,21+,22+,23+,24+,25+,26+,27+,28+,29+,30+,31+,32+,33+,34-,35-,36-,37-,38+,39+,40+,41+,42+,43-,44-,45-,46-,47+,48+,49+,50-,51-,52+,53+,54-,55+,56+,57-,58-,59-,60-,61-,62-/m0/s1. The average Bonchev–Trinajstić information content (AvgIpc) is 0.769. The molecule has 9 saturated heterocycles. The Morgan fingerprint density at radius 2 is 0.555 bits per heavy atom. The molecule has 9 aliphatic heterocycles. The fraction of sp³-hybridized carbons (Fsp3) is 0.935. The van der Waals surface area contributed by atoms with Gasteiger partial charge in [0.1, 0.15) is 207 Å². The number of nitrogens with one attached hydrogen (secondary N) is 4. The van der Waals surface area contributed by atoms with Gasteiger partial charge < -0.3 is 219 Å². The smallest absolute Gasteiger partial charge is 0.217 e. The zero-order chi connectivity index (χ0) is 81.1. The SMILES string of the molecule is CC(=O)N[C@@H]1[C@H](O[C@@H]2O[C@H](CO[C@@H]3O[C@H](CO)[C@@H](O[C@@H]4O[C@H](CO)[C@H](O)[C@H](O)[C@H]4O[C@@H]4O[C@@H](C)[C@@H](O)[C@@H](O)[C@@H]4O)[C@H](O)[C@H]3NC(C)=O)[C@H](O)[C@H](O[C@@H]3O[C@H](CO)[C@@H](O[C@@H]4O[C@H](CO)[C@H](O)[C@H](O)[C@H]4O[C@@H]4O[C@@H](C)[C@@H](O)[C@@H](O)[C@@H]4O)[C@H](O)[C@H]3NC(C)=O)[C@H]2O)[C@@H](O)[C@@H](CO[C@@H]2O[C@H](CO)[C@@H](O)[C@H](O)[C@H]2NC(C)=O)O[C@@H]1O. The number of aliphatic hydroxyl groups excluding tert-OH is 23. The third-order valence-corrected chi connectivity index (χ3v) is 20.3. The minimum Gasteiger partial charge on any atom is -0.394 e. The molecule has 9 rings (SSSR count). The molecule has 0 radical (unpaired) electrons. The lowest BCUT2D eigenvalue weighted by Crippen LogP contribution is -2.71. The van der Waals surface area contributed by atoms with Crippen LogP contribution < -0.4 is 21.3 Å². The van der Waals surface area contributed by atoms with Crippen molar-refractivity contribution < 1.29 is 217 Å². The van der Waals surface area contributed by atoms with Gasteiger partial charge in [0.2, 0.25) is 23.6 Å². The lowest BCUT2D eigenvalue weighted by Gasteiger charge is -2.51. The van der Waals surface area contributed by atoms with Crippen LogP contribution in [0.1, 0.15) is 41.5 Å². The van der Waals surface area contributed by atoms with Crippen LogP contribution in [-0.4, -0.2) is 463 Å². The van der Waals surface area contributed by atoms with E-state index in [0.717, 1.165) is 27.7 Å². The van der Waals surface area contributed by atoms with E-state index in [4.69, 9.17) is 80.5 Å². The molecule has 636 valence electrons. The van der Waals surface area contributed by atoms with Gasteiger partial charge in [0.15, 0.2) is 56.6 Å². The van der Waals surface area contributed by atoms with Crippen LogP contribution in [0.5, 0.6) is 0 Å². The van der Waals surface area contributed by atoms with Gasteiger partial charge in [0.25, 0.3) is 0 Å². The van der Waals surface area contributed by atoms with Crippen LogP contribution in [0, 0.1) is 0 Å². The van der Waals surface area contributed by atoms with Crippen molar-refractivity contribution in [3.63, 3.8) is 0 Å². The molecule has 4 amide bonds. The molecular weight excluding hydrogens is 1500 g/mol. The molecule has 9 fully saturated rings. The number of amides is 4. The highest BCUT2D eigenvalue weighted by Crippen LogP contribution is 2.39. The van der Waals surface area contributed by atoms with E-state index < -0.39 is 346 Å². The van der Waals surface area contributed by atoms with Crippen molar-refractivity contribution >= 4 is 23.6 Å². The summed E-state index contributed by atoms with van der Waals surface area (Å²) in [5, 5.41) is 265. The summed E-state index contributed by atoms with van der Waals surface area (Å²) in [5.41, 5.74) is 0. The first kappa shape index (κ1) is 90.2. The first-order valence-corrected chi connectivity index (χ1v) is 35.3. The van der Waals surface area contributed by atoms with E-state index in [0.29, 0.717) is 0 Å². The second kappa shape index (κ2) is 39.0. The second-order valence-corrected chi connectivity index (χ2v) is 28.2. The summed E-state index contributed by atoms with van der Waals surface area (Å²) in [7, 11) is 0. The zero-order valence-corrected chi connectivity index (χ0v) is 59.8. The van der Waals surface area contributed by atoms with Gasteiger partial charge in [-0.3, -0.25) is 19.2 Å². The predicted molar refractivity (Wildman–Crippen MR) is 341 cm³/mol. The van der Waals surface area contributed by atoms with E-state index in [1.807, 2.05) is 0 Å². The largest absolute Gasteiger partial charge is 0.394 e. The first-order chi connectivity index (χ1) is 51.9. The average molecular weight is 1610 g/mol. The first-order valence-electron chi connectivity index (χ1n) is 35.3. The van der Waals surface area contributed by atoms with Crippen molar-refractivity contribution in [3.05, 3.63) is 0 Å². The molecule has 0 aromatic heterocycles. The maximum absolute atomic E-state index is 13.2. The third-order valence-electron chi connectivity index (χ3n) is 20.3. The van der Waals surface area contributed by atoms with Gasteiger partial charge in [-0.05, 0) is 13.8 Å². The number of hydrogen-bond donors (Lipinski definition) is 27. The quantitative estimate of drug-likeness (QED) is 0.0363. The summed E-state index contributed by atoms with van der Waals surface area (Å²) in [4.78, 5) is 51.4. The molecule has 0 unspecified atom stereocenters. The second-order valence-electron chi connectivity index (χ2n) is 28.2. The van der Waals surface area contributed by atoms with Crippen molar-refractivity contribution in [3.8, 4) is 0 Å². The van der Waals surface area contributed by atoms with E-state index in [-0.39, 0.29) is 0 Å². The van der Waals surface area contributed by atoms with Crippen LogP contribution >= 0.6 is 0 Å². The van der Waals surface area contributed by atoms with Gasteiger partial charge in [-0.2, -0.15) is 0 Å². The highest BCUT2D eigenvalue weighted by molar-refractivity contribution is 5.74. The van der Waals surface area contributed by atoms with Crippen LogP contribution in [0.2, 0.25) is 0 Å². The maximum Gasteiger partial charge on any atom is 0.217 e. The fourth-order valence-corrected chi connectivity index (χ4v) is 14.2. The maximum atomic E-state index is 13.2. The number of carbonyl (C=O) groups excluding carboxylic acids is 4. The highest BCUT2D eigenvalue weighted by Gasteiger charge is 2.60. The summed E-state index contributed by atoms with van der Waals surface area (Å²) in [5.74, 6) is -3.59. The van der Waals surface area contributed by atoms with Crippen molar-refractivity contribution in [1.29, 1.82) is 0 Å². The van der Waals surface area contributed by atoms with E-state index in [2.05, 4.69) is 21.3 Å². The van der Waals surface area contributed by atoms with Crippen LogP contribution in [0.3, 0.4) is 0 Å². The summed E-state index contributed by atoms with van der Waals surface area (Å²) in [6.45, 7) is -0.813. The summed E-state index contributed by atoms with van der Waals surface area (Å²) < 4.78 is 101. The van der Waals surface area contributed by atoms with E-state index in [9.17, 15) is 137 Å². The molecule has 0 aromatic carbocycles. The third kappa shape index (κ3) is 19.9. The molecular formula is C62H104N4O44. The fourth-order valence-electron chi connectivity index (χ4n) is 14.2. The van der Waals surface area contributed by atoms with Crippen LogP contribution in [0.15, 0.2) is 0 Å². The van der Waals surface area contributed by atoms with Gasteiger partial charge in [-0.1, -0.05) is 0 Å². The Hall–Kier alpha value is -3.72. The highest BCUT2D eigenvalue weighted by atomic mass is 16.8. The molecule has 9 aliphatic rings. The molecule has 0 bridgehead atoms. The van der Waals surface area contributed by atoms with Crippen LogP contribution in [0.4, 0.5) is 0 Å². The van der Waals surface area contributed by atoms with Gasteiger partial charge >= 0.3 is 0 Å². The molecule has 48 nitrogen and oxygen atoms in total. The Morgan fingerprint density at radius 1 is 0.255 bits per heavy atom. The van der Waals surface area contributed by atoms with Crippen LogP contribution in [-0.2, 0) is 99.7 Å². The molecule has 0 saturated carbocycles. The van der Waals surface area contributed by atoms with Gasteiger partial charge in [0.05, 0.1) is 58.5 Å². The molecule has 0 spiro atoms. The van der Waals surface area contributed by atoms with E-state index in [1.54, 1.807) is 0 Å². The van der Waals surface area contributed by atoms with Crippen molar-refractivity contribution in [2.45, 2.75) is 318 Å². The summed E-state index contributed by atoms with van der Waals surface area (Å²) >= 11 is 0. The molecule has 0 aliphatic carbocycles. The normalized spacial score (nSPS) is 49.6. The van der Waals surface area contributed by atoms with Crippen molar-refractivity contribution in [1.82, 2.24) is 21.3 Å². The number of rotatable bonds is 27. The lowest BCUT2D eigenvalue weighted by molar-refractivity contribution is -0.392. The topological polar surface area (TPSA) is 739 Å². The number of ether oxygens (including phenoxy) is 17. The van der Waals surface area contributed by atoms with Crippen LogP contribution in [0.25, 0.3) is 0 Å². The Labute approximate surface area is 624 Å². The minimum absolute atomic E-state index is 0.767. The van der Waals surface area contributed by atoms with Gasteiger partial charge in [-0.25, -0.2) is 0 Å². The van der Waals surface area contributed by atoms with Gasteiger partial charge in [-0.15, -0.1) is 0 Å². The van der Waals surface area contributed by atoms with Crippen molar-refractivity contribution in [2.75, 3.05) is 46.2 Å². The molecule has 48 heteroatoms. The van der Waals surface area contributed by atoms with E-state index in [1.165, 1.54) is 13.8 Å². The molecule has 27 N–H and O–H groups in total. The lowest BCUT2D eigenvalue weighted by atomic mass is 9.93. The number of aliphatic hydroxyl groups is 23. The minimum atomic E-state index is -2.50. The Kier molecular flexibility index (Phi) is 32.0. The number of carbonyl (C=O) groups is 4. The zero-order valence-electron chi connectivity index (χ0n) is 59.8. The Balaban J connectivity index is 1.03. The Morgan fingerprint density at radius 3 is 0.964 bits per heavy atom. The predicted octanol–water partition coefficient (Wildman–Crippen LogP) is -18.0. The van der Waals surface area contributed by atoms with E-state index >= 15 is 0 Å².